The van der Waals surface area contributed by atoms with Crippen LogP contribution in [0.15, 0.2) is 71.8 Å². The van der Waals surface area contributed by atoms with E-state index in [1.165, 1.54) is 16.0 Å². The molecule has 1 atom stereocenters. The molecule has 2 aromatic heterocycles. The van der Waals surface area contributed by atoms with Crippen molar-refractivity contribution in [3.05, 3.63) is 105 Å². The molecular weight excluding hydrogens is 649 g/mol. The van der Waals surface area contributed by atoms with Crippen LogP contribution in [-0.4, -0.2) is 49.3 Å². The highest BCUT2D eigenvalue weighted by Crippen LogP contribution is 2.62. The number of methoxy groups -OCH3 is 1. The second-order valence-electron chi connectivity index (χ2n) is 12.5. The first kappa shape index (κ1) is 30.4. The van der Waals surface area contributed by atoms with E-state index in [0.717, 1.165) is 5.56 Å². The molecule has 0 radical (unpaired) electrons. The number of H-pyrrole nitrogens is 1. The maximum absolute atomic E-state index is 14.5. The summed E-state index contributed by atoms with van der Waals surface area (Å²) in [6.07, 6.45) is 1.01. The van der Waals surface area contributed by atoms with Crippen molar-refractivity contribution in [2.75, 3.05) is 18.0 Å². The van der Waals surface area contributed by atoms with Crippen LogP contribution in [0.25, 0.3) is 22.0 Å². The molecule has 2 aliphatic rings. The van der Waals surface area contributed by atoms with E-state index in [1.807, 2.05) is 6.92 Å². The monoisotopic (exact) mass is 677 g/mol. The number of sulfonamides is 1. The first-order valence-corrected chi connectivity index (χ1v) is 16.7. The molecule has 5 aromatic rings. The normalized spacial score (nSPS) is 16.9. The quantitative estimate of drug-likeness (QED) is 0.196. The number of ether oxygens (including phenoxy) is 2. The summed E-state index contributed by atoms with van der Waals surface area (Å²) in [5, 5.41) is 1.41. The number of rotatable bonds is 3. The van der Waals surface area contributed by atoms with Crippen molar-refractivity contribution < 1.29 is 27.5 Å². The van der Waals surface area contributed by atoms with E-state index >= 15 is 0 Å². The Morgan fingerprint density at radius 2 is 1.65 bits per heavy atom. The zero-order valence-electron chi connectivity index (χ0n) is 25.6. The van der Waals surface area contributed by atoms with Crippen LogP contribution >= 0.6 is 23.2 Å². The van der Waals surface area contributed by atoms with E-state index in [0.29, 0.717) is 54.6 Å². The van der Waals surface area contributed by atoms with Gasteiger partial charge in [0.15, 0.2) is 0 Å². The summed E-state index contributed by atoms with van der Waals surface area (Å²) < 4.78 is 42.9. The van der Waals surface area contributed by atoms with Crippen LogP contribution in [0, 0.1) is 6.92 Å². The van der Waals surface area contributed by atoms with Gasteiger partial charge in [0.25, 0.3) is 10.0 Å². The van der Waals surface area contributed by atoms with Gasteiger partial charge in [0.2, 0.25) is 0 Å². The van der Waals surface area contributed by atoms with Crippen LogP contribution in [0.4, 0.5) is 10.5 Å². The number of hydrogen-bond donors (Lipinski definition) is 1. The Morgan fingerprint density at radius 3 is 2.33 bits per heavy atom. The summed E-state index contributed by atoms with van der Waals surface area (Å²) in [6, 6.07) is 16.7. The van der Waals surface area contributed by atoms with Crippen LogP contribution in [-0.2, 0) is 24.9 Å². The zero-order valence-corrected chi connectivity index (χ0v) is 27.9. The van der Waals surface area contributed by atoms with Crippen molar-refractivity contribution in [2.24, 2.45) is 0 Å². The molecule has 3 heterocycles. The maximum Gasteiger partial charge on any atom is 0.419 e. The number of esters is 1. The van der Waals surface area contributed by atoms with Crippen molar-refractivity contribution >= 4 is 61.9 Å². The Hall–Kier alpha value is -4.25. The molecule has 0 saturated carbocycles. The van der Waals surface area contributed by atoms with E-state index < -0.39 is 33.1 Å². The molecule has 0 saturated heterocycles. The zero-order chi connectivity index (χ0) is 32.9. The second-order valence-corrected chi connectivity index (χ2v) is 15.3. The van der Waals surface area contributed by atoms with Crippen molar-refractivity contribution in [2.45, 2.75) is 43.6 Å². The Balaban J connectivity index is 1.63. The first-order chi connectivity index (χ1) is 21.7. The van der Waals surface area contributed by atoms with Crippen molar-refractivity contribution in [3.63, 3.8) is 0 Å². The topological polar surface area (TPSA) is 111 Å². The summed E-state index contributed by atoms with van der Waals surface area (Å²) in [5.74, 6) is -0.652. The first-order valence-electron chi connectivity index (χ1n) is 14.5. The van der Waals surface area contributed by atoms with Crippen molar-refractivity contribution in [3.8, 4) is 11.1 Å². The molecule has 1 N–H and O–H groups in total. The molecule has 0 bridgehead atoms. The van der Waals surface area contributed by atoms with Crippen LogP contribution in [0.3, 0.4) is 0 Å². The fourth-order valence-corrected chi connectivity index (χ4v) is 8.66. The molecule has 12 heteroatoms. The van der Waals surface area contributed by atoms with Gasteiger partial charge < -0.3 is 14.5 Å². The number of benzene rings is 3. The number of nitrogens with zero attached hydrogens (tertiary/aromatic N) is 2. The van der Waals surface area contributed by atoms with Crippen LogP contribution in [0.5, 0.6) is 0 Å². The number of carbonyl (C=O) groups excluding carboxylic acids is 2. The van der Waals surface area contributed by atoms with Crippen LogP contribution in [0.1, 0.15) is 53.6 Å². The summed E-state index contributed by atoms with van der Waals surface area (Å²) in [4.78, 5) is 30.8. The Bertz CT molecular complexity index is 2230. The van der Waals surface area contributed by atoms with E-state index in [1.54, 1.807) is 87.6 Å². The largest absolute Gasteiger partial charge is 0.464 e. The van der Waals surface area contributed by atoms with Gasteiger partial charge in [0.1, 0.15) is 11.3 Å². The number of anilines is 1. The third kappa shape index (κ3) is 4.23. The molecule has 7 rings (SSSR count). The van der Waals surface area contributed by atoms with Crippen LogP contribution in [0.2, 0.25) is 10.0 Å². The predicted molar refractivity (Wildman–Crippen MR) is 177 cm³/mol. The van der Waals surface area contributed by atoms with E-state index in [9.17, 15) is 18.0 Å². The smallest absolute Gasteiger partial charge is 0.419 e. The average molecular weight is 679 g/mol. The SMILES string of the molecule is COC(=O)c1[nH]cc2c1[C@]1(CN(S(=O)(=O)c3ccc(C)cc3)c3ccc(Cl)cc31)c1c-2c2cc(Cl)ccc2n1C(=O)OC(C)(C)C. The number of aromatic nitrogens is 2. The van der Waals surface area contributed by atoms with Gasteiger partial charge in [0.05, 0.1) is 40.9 Å². The lowest BCUT2D eigenvalue weighted by molar-refractivity contribution is 0.0537. The summed E-state index contributed by atoms with van der Waals surface area (Å²) in [5.41, 5.74) is 2.26. The summed E-state index contributed by atoms with van der Waals surface area (Å²) in [6.45, 7) is 6.99. The molecule has 1 spiro atoms. The van der Waals surface area contributed by atoms with Gasteiger partial charge in [-0.05, 0) is 81.8 Å². The van der Waals surface area contributed by atoms with Crippen LogP contribution < -0.4 is 4.31 Å². The number of aryl methyl sites for hydroxylation is 1. The molecule has 0 amide bonds. The average Bonchev–Trinajstić information content (AvgIpc) is 3.71. The summed E-state index contributed by atoms with van der Waals surface area (Å²) in [7, 11) is -2.88. The minimum absolute atomic E-state index is 0.0937. The van der Waals surface area contributed by atoms with Gasteiger partial charge in [-0.3, -0.25) is 4.31 Å². The predicted octanol–water partition coefficient (Wildman–Crippen LogP) is 7.68. The maximum atomic E-state index is 14.5. The standard InChI is InChI=1S/C34H29Cl2N3O6S/c1-18-6-10-21(11-7-18)46(42,43)38-17-34(24-15-20(36)9-13-26(24)38)28-23(16-37-29(28)31(40)44-5)27-22-14-19(35)8-12-25(22)39(30(27)34)32(41)45-33(2,3)4/h6-16,37H,17H2,1-5H3/t34-/m1/s1. The van der Waals surface area contributed by atoms with E-state index in [4.69, 9.17) is 32.7 Å². The highest BCUT2D eigenvalue weighted by atomic mass is 35.5. The minimum Gasteiger partial charge on any atom is -0.464 e. The minimum atomic E-state index is -4.15. The third-order valence-electron chi connectivity index (χ3n) is 8.55. The van der Waals surface area contributed by atoms with Gasteiger partial charge >= 0.3 is 12.1 Å². The highest BCUT2D eigenvalue weighted by Gasteiger charge is 2.59. The molecule has 0 fully saturated rings. The van der Waals surface area contributed by atoms with Crippen molar-refractivity contribution in [1.29, 1.82) is 0 Å². The van der Waals surface area contributed by atoms with Gasteiger partial charge in [-0.2, -0.15) is 0 Å². The number of hydrogen-bond acceptors (Lipinski definition) is 6. The van der Waals surface area contributed by atoms with E-state index in [2.05, 4.69) is 4.98 Å². The highest BCUT2D eigenvalue weighted by molar-refractivity contribution is 7.92. The fraction of sp³-hybridized carbons (Fsp3) is 0.235. The molecule has 1 aliphatic heterocycles. The summed E-state index contributed by atoms with van der Waals surface area (Å²) >= 11 is 13.2. The van der Waals surface area contributed by atoms with Gasteiger partial charge in [0, 0.05) is 38.3 Å². The number of carbonyl (C=O) groups is 2. The number of fused-ring (bicyclic) bond motifs is 9. The van der Waals surface area contributed by atoms with E-state index in [-0.39, 0.29) is 17.1 Å². The lowest BCUT2D eigenvalue weighted by Crippen LogP contribution is -2.40. The Labute approximate surface area is 275 Å². The number of aromatic amines is 1. The molecular formula is C34H29Cl2N3O6S. The Kier molecular flexibility index (Phi) is 6.69. The second kappa shape index (κ2) is 10.1. The lowest BCUT2D eigenvalue weighted by atomic mass is 9.75. The molecule has 0 unspecified atom stereocenters. The number of halogens is 2. The van der Waals surface area contributed by atoms with Gasteiger partial charge in [-0.15, -0.1) is 0 Å². The third-order valence-corrected chi connectivity index (χ3v) is 10.8. The Morgan fingerprint density at radius 1 is 0.978 bits per heavy atom. The van der Waals surface area contributed by atoms with Crippen molar-refractivity contribution in [1.82, 2.24) is 9.55 Å². The van der Waals surface area contributed by atoms with Gasteiger partial charge in [-0.1, -0.05) is 40.9 Å². The molecule has 3 aromatic carbocycles. The molecule has 9 nitrogen and oxygen atoms in total. The fourth-order valence-electron chi connectivity index (χ4n) is 6.80. The number of nitrogens with one attached hydrogen (secondary N) is 1. The lowest BCUT2D eigenvalue weighted by Gasteiger charge is -2.30. The molecule has 1 aliphatic carbocycles. The molecule has 46 heavy (non-hydrogen) atoms. The molecule has 236 valence electrons. The van der Waals surface area contributed by atoms with Gasteiger partial charge in [-0.25, -0.2) is 22.6 Å².